The normalized spacial score (nSPS) is 21.5. The third-order valence-electron chi connectivity index (χ3n) is 7.97. The van der Waals surface area contributed by atoms with Crippen LogP contribution in [-0.2, 0) is 21.5 Å². The molecule has 3 aliphatic heterocycles. The maximum atomic E-state index is 14.1. The maximum absolute atomic E-state index is 14.1. The van der Waals surface area contributed by atoms with E-state index in [0.29, 0.717) is 56.2 Å². The third kappa shape index (κ3) is 3.74. The fraction of sp³-hybridized carbons (Fsp3) is 0.393. The Hall–Kier alpha value is -3.89. The topological polar surface area (TPSA) is 107 Å². The van der Waals surface area contributed by atoms with Crippen molar-refractivity contribution in [2.75, 3.05) is 57.9 Å². The average Bonchev–Trinajstić information content (AvgIpc) is 3.41. The summed E-state index contributed by atoms with van der Waals surface area (Å²) in [5, 5.41) is 3.94. The smallest absolute Gasteiger partial charge is 0.332 e. The number of methoxy groups -OCH3 is 1. The van der Waals surface area contributed by atoms with Crippen LogP contribution < -0.4 is 15.0 Å². The highest BCUT2D eigenvalue weighted by molar-refractivity contribution is 6.25. The second-order valence-electron chi connectivity index (χ2n) is 10.0. The molecule has 0 aliphatic carbocycles. The second-order valence-corrected chi connectivity index (χ2v) is 10.0. The summed E-state index contributed by atoms with van der Waals surface area (Å²) in [7, 11) is 1.62. The summed E-state index contributed by atoms with van der Waals surface area (Å²) < 4.78 is 10.8. The number of benzene rings is 2. The number of urea groups is 1. The predicted molar refractivity (Wildman–Crippen MR) is 142 cm³/mol. The number of aromatic nitrogens is 1. The number of aromatic amines is 1. The quantitative estimate of drug-likeness (QED) is 0.487. The van der Waals surface area contributed by atoms with Crippen LogP contribution in [0.25, 0.3) is 10.9 Å². The van der Waals surface area contributed by atoms with Gasteiger partial charge in [-0.3, -0.25) is 14.5 Å². The third-order valence-corrected chi connectivity index (χ3v) is 7.97. The molecular weight excluding hydrogens is 486 g/mol. The van der Waals surface area contributed by atoms with Gasteiger partial charge >= 0.3 is 6.03 Å². The van der Waals surface area contributed by atoms with E-state index in [4.69, 9.17) is 9.47 Å². The number of imide groups is 1. The molecule has 2 fully saturated rings. The Morgan fingerprint density at radius 3 is 2.71 bits per heavy atom. The van der Waals surface area contributed by atoms with Crippen molar-refractivity contribution in [3.8, 4) is 5.75 Å². The lowest BCUT2D eigenvalue weighted by Crippen LogP contribution is -2.49. The zero-order valence-electron chi connectivity index (χ0n) is 21.6. The lowest BCUT2D eigenvalue weighted by atomic mass is 9.87. The number of rotatable bonds is 6. The van der Waals surface area contributed by atoms with Gasteiger partial charge in [0.25, 0.3) is 11.8 Å². The molecule has 2 N–H and O–H groups in total. The molecule has 0 bridgehead atoms. The number of carbonyl (C=O) groups excluding carboxylic acids is 3. The van der Waals surface area contributed by atoms with Gasteiger partial charge in [0, 0.05) is 43.6 Å². The van der Waals surface area contributed by atoms with Crippen molar-refractivity contribution in [2.24, 2.45) is 0 Å². The van der Waals surface area contributed by atoms with Gasteiger partial charge in [-0.25, -0.2) is 9.69 Å². The highest BCUT2D eigenvalue weighted by Crippen LogP contribution is 2.46. The summed E-state index contributed by atoms with van der Waals surface area (Å²) in [5.74, 6) is 0.0364. The van der Waals surface area contributed by atoms with Crippen molar-refractivity contribution < 1.29 is 23.9 Å². The molecule has 3 aliphatic rings. The molecule has 4 amide bonds. The van der Waals surface area contributed by atoms with E-state index in [0.717, 1.165) is 40.2 Å². The van der Waals surface area contributed by atoms with Crippen LogP contribution in [0, 0.1) is 0 Å². The van der Waals surface area contributed by atoms with Crippen LogP contribution in [0.1, 0.15) is 28.5 Å². The summed E-state index contributed by atoms with van der Waals surface area (Å²) in [4.78, 5) is 49.4. The standard InChI is InChI=1S/C28H31N5O5/c1-28-24-19(21-17-18(37-2)7-8-22(21)30-24)9-11-32(28)27(36)33(26(28)35)23-6-4-3-5-20(23)25(34)29-10-12-31-13-15-38-16-14-31/h3-8,17,30H,9-16H2,1-2H3,(H,29,34)/t28-/m1/s1. The fourth-order valence-corrected chi connectivity index (χ4v) is 5.87. The second kappa shape index (κ2) is 9.45. The zero-order valence-corrected chi connectivity index (χ0v) is 21.6. The SMILES string of the molecule is COc1ccc2[nH]c3c(c2c1)CCN1C(=O)N(c2ccccc2C(=O)NCCN2CCOCC2)C(=O)[C@@]31C. The number of nitrogens with zero attached hydrogens (tertiary/aromatic N) is 3. The molecule has 3 aromatic rings. The van der Waals surface area contributed by atoms with Crippen LogP contribution >= 0.6 is 0 Å². The van der Waals surface area contributed by atoms with Crippen LogP contribution in [0.3, 0.4) is 0 Å². The van der Waals surface area contributed by atoms with Crippen LogP contribution in [-0.4, -0.2) is 85.7 Å². The molecule has 4 heterocycles. The summed E-state index contributed by atoms with van der Waals surface area (Å²) in [6.07, 6.45) is 0.606. The lowest BCUT2D eigenvalue weighted by molar-refractivity contribution is -0.125. The van der Waals surface area contributed by atoms with Gasteiger partial charge in [-0.1, -0.05) is 12.1 Å². The average molecular weight is 518 g/mol. The van der Waals surface area contributed by atoms with Crippen molar-refractivity contribution in [2.45, 2.75) is 18.9 Å². The molecule has 2 saturated heterocycles. The van der Waals surface area contributed by atoms with Crippen molar-refractivity contribution >= 4 is 34.4 Å². The van der Waals surface area contributed by atoms with Crippen LogP contribution in [0.15, 0.2) is 42.5 Å². The van der Waals surface area contributed by atoms with E-state index in [1.165, 1.54) is 0 Å². The molecule has 2 aromatic carbocycles. The van der Waals surface area contributed by atoms with Crippen LogP contribution in [0.4, 0.5) is 10.5 Å². The van der Waals surface area contributed by atoms with Gasteiger partial charge in [-0.2, -0.15) is 0 Å². The Morgan fingerprint density at radius 2 is 1.92 bits per heavy atom. The zero-order chi connectivity index (χ0) is 26.4. The van der Waals surface area contributed by atoms with Gasteiger partial charge in [-0.05, 0) is 49.2 Å². The highest BCUT2D eigenvalue weighted by Gasteiger charge is 2.59. The van der Waals surface area contributed by atoms with Crippen molar-refractivity contribution in [1.29, 1.82) is 0 Å². The van der Waals surface area contributed by atoms with Crippen LogP contribution in [0.5, 0.6) is 5.75 Å². The molecule has 0 radical (unpaired) electrons. The van der Waals surface area contributed by atoms with Gasteiger partial charge in [0.15, 0.2) is 5.54 Å². The number of hydrogen-bond donors (Lipinski definition) is 2. The van der Waals surface area contributed by atoms with E-state index in [2.05, 4.69) is 15.2 Å². The number of fused-ring (bicyclic) bond motifs is 5. The molecule has 1 atom stereocenters. The number of anilines is 1. The molecule has 38 heavy (non-hydrogen) atoms. The number of para-hydroxylation sites is 1. The fourth-order valence-electron chi connectivity index (χ4n) is 5.87. The largest absolute Gasteiger partial charge is 0.497 e. The van der Waals surface area contributed by atoms with Crippen molar-refractivity contribution in [3.05, 3.63) is 59.3 Å². The Labute approximate surface area is 220 Å². The summed E-state index contributed by atoms with van der Waals surface area (Å²) in [6, 6.07) is 12.1. The minimum atomic E-state index is -1.21. The van der Waals surface area contributed by atoms with Gasteiger partial charge in [0.1, 0.15) is 5.75 Å². The first-order chi connectivity index (χ1) is 18.4. The molecule has 6 rings (SSSR count). The van der Waals surface area contributed by atoms with Gasteiger partial charge in [-0.15, -0.1) is 0 Å². The van der Waals surface area contributed by atoms with Gasteiger partial charge < -0.3 is 24.7 Å². The first-order valence-corrected chi connectivity index (χ1v) is 13.0. The first-order valence-electron chi connectivity index (χ1n) is 13.0. The Balaban J connectivity index is 1.30. The van der Waals surface area contributed by atoms with Crippen molar-refractivity contribution in [1.82, 2.24) is 20.1 Å². The van der Waals surface area contributed by atoms with Crippen molar-refractivity contribution in [3.63, 3.8) is 0 Å². The number of amides is 4. The number of carbonyl (C=O) groups is 3. The molecule has 10 nitrogen and oxygen atoms in total. The molecule has 1 aromatic heterocycles. The number of ether oxygens (including phenoxy) is 2. The van der Waals surface area contributed by atoms with E-state index >= 15 is 0 Å². The maximum Gasteiger partial charge on any atom is 0.332 e. The number of H-pyrrole nitrogens is 1. The Kier molecular flexibility index (Phi) is 6.08. The number of morpholine rings is 1. The molecule has 198 valence electrons. The van der Waals surface area contributed by atoms with E-state index in [1.807, 2.05) is 18.2 Å². The first kappa shape index (κ1) is 24.4. The predicted octanol–water partition coefficient (Wildman–Crippen LogP) is 2.48. The highest BCUT2D eigenvalue weighted by atomic mass is 16.5. The molecule has 0 unspecified atom stereocenters. The molecule has 0 spiro atoms. The lowest BCUT2D eigenvalue weighted by Gasteiger charge is -2.35. The molecular formula is C28H31N5O5. The summed E-state index contributed by atoms with van der Waals surface area (Å²) in [5.41, 5.74) is 1.98. The van der Waals surface area contributed by atoms with E-state index < -0.39 is 11.6 Å². The van der Waals surface area contributed by atoms with E-state index in [-0.39, 0.29) is 11.8 Å². The van der Waals surface area contributed by atoms with E-state index in [1.54, 1.807) is 43.2 Å². The monoisotopic (exact) mass is 517 g/mol. The number of hydrogen-bond acceptors (Lipinski definition) is 6. The Bertz CT molecular complexity index is 1430. The Morgan fingerprint density at radius 1 is 1.13 bits per heavy atom. The molecule has 0 saturated carbocycles. The van der Waals surface area contributed by atoms with Crippen LogP contribution in [0.2, 0.25) is 0 Å². The summed E-state index contributed by atoms with van der Waals surface area (Å²) in [6.45, 7) is 6.39. The van der Waals surface area contributed by atoms with Gasteiger partial charge in [0.05, 0.1) is 37.3 Å². The molecule has 10 heteroatoms. The minimum Gasteiger partial charge on any atom is -0.497 e. The minimum absolute atomic E-state index is 0.293. The summed E-state index contributed by atoms with van der Waals surface area (Å²) >= 11 is 0. The number of nitrogens with one attached hydrogen (secondary N) is 2. The van der Waals surface area contributed by atoms with E-state index in [9.17, 15) is 14.4 Å². The van der Waals surface area contributed by atoms with Gasteiger partial charge in [0.2, 0.25) is 0 Å².